The van der Waals surface area contributed by atoms with Crippen molar-refractivity contribution in [3.8, 4) is 0 Å². The van der Waals surface area contributed by atoms with Gasteiger partial charge in [0.15, 0.2) is 0 Å². The Bertz CT molecular complexity index is 707. The summed E-state index contributed by atoms with van der Waals surface area (Å²) >= 11 is 0. The molecule has 164 valence electrons. The second-order valence-corrected chi connectivity index (χ2v) is 11.3. The fraction of sp³-hybridized carbons (Fsp3) is 0.833. The molecule has 6 nitrogen and oxygen atoms in total. The molecule has 0 aliphatic heterocycles. The Balaban J connectivity index is 1.19. The molecule has 0 aromatic heterocycles. The smallest absolute Gasteiger partial charge is 0.225 e. The van der Waals surface area contributed by atoms with Crippen LogP contribution in [0.3, 0.4) is 0 Å². The van der Waals surface area contributed by atoms with Gasteiger partial charge in [0.25, 0.3) is 0 Å². The van der Waals surface area contributed by atoms with E-state index in [-0.39, 0.29) is 46.6 Å². The summed E-state index contributed by atoms with van der Waals surface area (Å²) in [5, 5.41) is 0. The van der Waals surface area contributed by atoms with Gasteiger partial charge >= 0.3 is 0 Å². The molecule has 5 aliphatic carbocycles. The summed E-state index contributed by atoms with van der Waals surface area (Å²) in [7, 11) is 3.83. The summed E-state index contributed by atoms with van der Waals surface area (Å²) in [6, 6.07) is 0.165. The van der Waals surface area contributed by atoms with E-state index >= 15 is 0 Å². The SMILES string of the molecule is CN(C(=O)C1CC2(CC(=O)C2)C1)C1CCCCC1N(C)C(=O)C1CC2(CC(=O)C2)C1. The molecule has 0 saturated heterocycles. The average Bonchev–Trinajstić information content (AvgIpc) is 2.62. The first-order valence-electron chi connectivity index (χ1n) is 11.8. The fourth-order valence-electron chi connectivity index (χ4n) is 7.37. The molecule has 30 heavy (non-hydrogen) atoms. The van der Waals surface area contributed by atoms with Gasteiger partial charge in [-0.15, -0.1) is 0 Å². The third-order valence-electron chi connectivity index (χ3n) is 9.09. The summed E-state index contributed by atoms with van der Waals surface area (Å²) in [5.41, 5.74) is 0.278. The third-order valence-corrected chi connectivity index (χ3v) is 9.09. The normalized spacial score (nSPS) is 33.9. The first-order chi connectivity index (χ1) is 14.2. The molecule has 0 aromatic rings. The van der Waals surface area contributed by atoms with Gasteiger partial charge in [-0.05, 0) is 49.4 Å². The molecule has 0 aromatic carbocycles. The first kappa shape index (κ1) is 20.2. The van der Waals surface area contributed by atoms with E-state index in [0.29, 0.717) is 37.2 Å². The van der Waals surface area contributed by atoms with Crippen molar-refractivity contribution in [1.29, 1.82) is 0 Å². The second-order valence-electron chi connectivity index (χ2n) is 11.3. The average molecular weight is 415 g/mol. The van der Waals surface area contributed by atoms with Crippen LogP contribution in [0, 0.1) is 22.7 Å². The van der Waals surface area contributed by atoms with Crippen molar-refractivity contribution in [2.45, 2.75) is 89.1 Å². The van der Waals surface area contributed by atoms with Gasteiger partial charge in [0.1, 0.15) is 11.6 Å². The molecule has 5 saturated carbocycles. The Morgan fingerprint density at radius 1 is 0.700 bits per heavy atom. The molecule has 0 bridgehead atoms. The second kappa shape index (κ2) is 6.89. The van der Waals surface area contributed by atoms with Crippen molar-refractivity contribution >= 4 is 23.4 Å². The van der Waals surface area contributed by atoms with Crippen LogP contribution in [0.25, 0.3) is 0 Å². The Kier molecular flexibility index (Phi) is 4.64. The van der Waals surface area contributed by atoms with Gasteiger partial charge in [-0.2, -0.15) is 0 Å². The number of rotatable bonds is 4. The zero-order valence-electron chi connectivity index (χ0n) is 18.3. The highest BCUT2D eigenvalue weighted by atomic mass is 16.2. The molecule has 2 unspecified atom stereocenters. The summed E-state index contributed by atoms with van der Waals surface area (Å²) in [5.74, 6) is 1.18. The Morgan fingerprint density at radius 3 is 1.33 bits per heavy atom. The molecule has 5 rings (SSSR count). The van der Waals surface area contributed by atoms with E-state index in [1.54, 1.807) is 0 Å². The molecule has 5 aliphatic rings. The van der Waals surface area contributed by atoms with E-state index in [2.05, 4.69) is 0 Å². The third kappa shape index (κ3) is 3.13. The number of nitrogens with zero attached hydrogens (tertiary/aromatic N) is 2. The number of ketones is 2. The van der Waals surface area contributed by atoms with Crippen molar-refractivity contribution in [2.24, 2.45) is 22.7 Å². The van der Waals surface area contributed by atoms with Crippen LogP contribution < -0.4 is 0 Å². The highest BCUT2D eigenvalue weighted by Gasteiger charge is 2.57. The van der Waals surface area contributed by atoms with Crippen molar-refractivity contribution in [3.05, 3.63) is 0 Å². The Labute approximate surface area is 178 Å². The molecule has 0 radical (unpaired) electrons. The monoisotopic (exact) mass is 414 g/mol. The van der Waals surface area contributed by atoms with Crippen LogP contribution in [0.15, 0.2) is 0 Å². The Hall–Kier alpha value is -1.72. The van der Waals surface area contributed by atoms with E-state index < -0.39 is 0 Å². The molecule has 2 spiro atoms. The zero-order valence-corrected chi connectivity index (χ0v) is 18.3. The maximum absolute atomic E-state index is 13.1. The highest BCUT2D eigenvalue weighted by Crippen LogP contribution is 2.58. The minimum Gasteiger partial charge on any atom is -0.340 e. The minimum atomic E-state index is 0.0503. The van der Waals surface area contributed by atoms with Crippen molar-refractivity contribution in [1.82, 2.24) is 9.80 Å². The molecule has 2 amide bonds. The van der Waals surface area contributed by atoms with Crippen LogP contribution in [0.5, 0.6) is 0 Å². The standard InChI is InChI=1S/C24H34N2O4/c1-25(21(29)15-7-23(8-15)11-17(27)12-23)19-5-3-4-6-20(19)26(2)22(30)16-9-24(10-16)13-18(28)14-24/h15-16,19-20H,3-14H2,1-2H3. The van der Waals surface area contributed by atoms with E-state index in [9.17, 15) is 19.2 Å². The van der Waals surface area contributed by atoms with Crippen LogP contribution in [0.4, 0.5) is 0 Å². The summed E-state index contributed by atoms with van der Waals surface area (Å²) in [6.45, 7) is 0. The minimum absolute atomic E-state index is 0.0503. The first-order valence-corrected chi connectivity index (χ1v) is 11.8. The number of likely N-dealkylation sites (N-methyl/N-ethyl adjacent to an activating group) is 2. The predicted octanol–water partition coefficient (Wildman–Crippen LogP) is 2.73. The van der Waals surface area contributed by atoms with Crippen molar-refractivity contribution < 1.29 is 19.2 Å². The molecular formula is C24H34N2O4. The molecule has 2 atom stereocenters. The van der Waals surface area contributed by atoms with Crippen LogP contribution >= 0.6 is 0 Å². The van der Waals surface area contributed by atoms with Crippen molar-refractivity contribution in [2.75, 3.05) is 14.1 Å². The number of carbonyl (C=O) groups excluding carboxylic acids is 4. The predicted molar refractivity (Wildman–Crippen MR) is 110 cm³/mol. The number of amides is 2. The van der Waals surface area contributed by atoms with E-state index in [1.165, 1.54) is 0 Å². The summed E-state index contributed by atoms with van der Waals surface area (Å²) in [4.78, 5) is 52.9. The molecular weight excluding hydrogens is 380 g/mol. The maximum Gasteiger partial charge on any atom is 0.225 e. The van der Waals surface area contributed by atoms with Crippen molar-refractivity contribution in [3.63, 3.8) is 0 Å². The number of hydrogen-bond acceptors (Lipinski definition) is 4. The van der Waals surface area contributed by atoms with Gasteiger partial charge in [0.2, 0.25) is 11.8 Å². The molecule has 0 N–H and O–H groups in total. The van der Waals surface area contributed by atoms with Crippen LogP contribution in [-0.4, -0.2) is 59.4 Å². The van der Waals surface area contributed by atoms with Crippen LogP contribution in [-0.2, 0) is 19.2 Å². The Morgan fingerprint density at radius 2 is 1.03 bits per heavy atom. The number of Topliss-reactive ketones (excluding diaryl/α,β-unsaturated/α-hetero) is 2. The van der Waals surface area contributed by atoms with Gasteiger partial charge < -0.3 is 9.80 Å². The lowest BCUT2D eigenvalue weighted by atomic mass is 9.51. The quantitative estimate of drug-likeness (QED) is 0.709. The van der Waals surface area contributed by atoms with Gasteiger partial charge in [-0.3, -0.25) is 19.2 Å². The molecule has 5 fully saturated rings. The van der Waals surface area contributed by atoms with Gasteiger partial charge in [0, 0.05) is 51.6 Å². The van der Waals surface area contributed by atoms with E-state index in [0.717, 1.165) is 51.4 Å². The van der Waals surface area contributed by atoms with E-state index in [1.807, 2.05) is 23.9 Å². The molecule has 0 heterocycles. The maximum atomic E-state index is 13.1. The van der Waals surface area contributed by atoms with Crippen LogP contribution in [0.2, 0.25) is 0 Å². The zero-order chi connectivity index (χ0) is 21.3. The molecule has 6 heteroatoms. The topological polar surface area (TPSA) is 74.8 Å². The lowest BCUT2D eigenvalue weighted by molar-refractivity contribution is -0.161. The lowest BCUT2D eigenvalue weighted by Crippen LogP contribution is -2.60. The van der Waals surface area contributed by atoms with Crippen LogP contribution in [0.1, 0.15) is 77.0 Å². The van der Waals surface area contributed by atoms with E-state index in [4.69, 9.17) is 0 Å². The highest BCUT2D eigenvalue weighted by molar-refractivity contribution is 5.89. The summed E-state index contributed by atoms with van der Waals surface area (Å²) < 4.78 is 0. The van der Waals surface area contributed by atoms with Gasteiger partial charge in [-0.25, -0.2) is 0 Å². The number of hydrogen-bond donors (Lipinski definition) is 0. The van der Waals surface area contributed by atoms with Gasteiger partial charge in [0.05, 0.1) is 12.1 Å². The largest absolute Gasteiger partial charge is 0.340 e. The summed E-state index contributed by atoms with van der Waals surface area (Å²) in [6.07, 6.45) is 10.2. The lowest BCUT2D eigenvalue weighted by Gasteiger charge is -2.54. The number of carbonyl (C=O) groups is 4. The van der Waals surface area contributed by atoms with Gasteiger partial charge in [-0.1, -0.05) is 12.8 Å². The fourth-order valence-corrected chi connectivity index (χ4v) is 7.37.